The van der Waals surface area contributed by atoms with Gasteiger partial charge < -0.3 is 9.63 Å². The van der Waals surface area contributed by atoms with Gasteiger partial charge in [0.25, 0.3) is 0 Å². The average Bonchev–Trinajstić information content (AvgIpc) is 3.11. The van der Waals surface area contributed by atoms with Crippen LogP contribution in [0.2, 0.25) is 0 Å². The summed E-state index contributed by atoms with van der Waals surface area (Å²) in [7, 11) is 0. The molecule has 6 heteroatoms. The van der Waals surface area contributed by atoms with Crippen LogP contribution in [0.1, 0.15) is 21.8 Å². The SMILES string of the molecule is O=C(O)c1cccc(-c2noc(Cc3ccsc3)n2)c1. The molecule has 3 rings (SSSR count). The van der Waals surface area contributed by atoms with Crippen LogP contribution < -0.4 is 0 Å². The highest BCUT2D eigenvalue weighted by atomic mass is 32.1. The number of thiophene rings is 1. The van der Waals surface area contributed by atoms with Crippen LogP contribution in [0.15, 0.2) is 45.6 Å². The minimum absolute atomic E-state index is 0.201. The van der Waals surface area contributed by atoms with Gasteiger partial charge in [-0.25, -0.2) is 4.79 Å². The largest absolute Gasteiger partial charge is 0.478 e. The summed E-state index contributed by atoms with van der Waals surface area (Å²) in [5.41, 5.74) is 1.95. The lowest BCUT2D eigenvalue weighted by Crippen LogP contribution is -1.96. The maximum absolute atomic E-state index is 10.9. The predicted molar refractivity (Wildman–Crippen MR) is 73.8 cm³/mol. The highest BCUT2D eigenvalue weighted by Crippen LogP contribution is 2.19. The normalized spacial score (nSPS) is 10.6. The summed E-state index contributed by atoms with van der Waals surface area (Å²) in [5, 5.41) is 16.9. The fourth-order valence-electron chi connectivity index (χ4n) is 1.80. The van der Waals surface area contributed by atoms with E-state index < -0.39 is 5.97 Å². The summed E-state index contributed by atoms with van der Waals surface area (Å²) in [6.07, 6.45) is 0.578. The monoisotopic (exact) mass is 286 g/mol. The molecule has 0 aliphatic rings. The number of aromatic nitrogens is 2. The number of carbonyl (C=O) groups is 1. The molecule has 3 aromatic rings. The zero-order valence-electron chi connectivity index (χ0n) is 10.3. The zero-order chi connectivity index (χ0) is 13.9. The van der Waals surface area contributed by atoms with Gasteiger partial charge in [-0.2, -0.15) is 16.3 Å². The molecule has 0 aliphatic heterocycles. The molecule has 5 nitrogen and oxygen atoms in total. The average molecular weight is 286 g/mol. The van der Waals surface area contributed by atoms with Gasteiger partial charge in [0.05, 0.1) is 12.0 Å². The summed E-state index contributed by atoms with van der Waals surface area (Å²) in [6.45, 7) is 0. The summed E-state index contributed by atoms with van der Waals surface area (Å²) >= 11 is 1.61. The molecule has 0 unspecified atom stereocenters. The third-order valence-electron chi connectivity index (χ3n) is 2.77. The topological polar surface area (TPSA) is 76.2 Å². The van der Waals surface area contributed by atoms with Crippen molar-refractivity contribution in [3.8, 4) is 11.4 Å². The summed E-state index contributed by atoms with van der Waals surface area (Å²) in [4.78, 5) is 15.2. The molecule has 0 atom stereocenters. The molecule has 0 saturated heterocycles. The summed E-state index contributed by atoms with van der Waals surface area (Å²) < 4.78 is 5.19. The van der Waals surface area contributed by atoms with Crippen molar-refractivity contribution in [3.05, 3.63) is 58.1 Å². The third kappa shape index (κ3) is 2.60. The first kappa shape index (κ1) is 12.6. The fourth-order valence-corrected chi connectivity index (χ4v) is 2.47. The first-order valence-electron chi connectivity index (χ1n) is 5.90. The Labute approximate surface area is 118 Å². The van der Waals surface area contributed by atoms with E-state index >= 15 is 0 Å². The molecule has 2 heterocycles. The number of benzene rings is 1. The highest BCUT2D eigenvalue weighted by molar-refractivity contribution is 7.07. The Morgan fingerprint density at radius 2 is 2.25 bits per heavy atom. The van der Waals surface area contributed by atoms with Gasteiger partial charge in [-0.3, -0.25) is 0 Å². The van der Waals surface area contributed by atoms with E-state index in [0.29, 0.717) is 23.7 Å². The molecule has 0 bridgehead atoms. The van der Waals surface area contributed by atoms with E-state index in [4.69, 9.17) is 9.63 Å². The number of carboxylic acids is 1. The number of nitrogens with zero attached hydrogens (tertiary/aromatic N) is 2. The van der Waals surface area contributed by atoms with Crippen molar-refractivity contribution in [2.45, 2.75) is 6.42 Å². The lowest BCUT2D eigenvalue weighted by atomic mass is 10.1. The summed E-state index contributed by atoms with van der Waals surface area (Å²) in [6, 6.07) is 8.47. The Balaban J connectivity index is 1.86. The Kier molecular flexibility index (Phi) is 3.30. The second-order valence-electron chi connectivity index (χ2n) is 4.21. The first-order chi connectivity index (χ1) is 9.72. The maximum Gasteiger partial charge on any atom is 0.335 e. The lowest BCUT2D eigenvalue weighted by Gasteiger charge is -1.96. The third-order valence-corrected chi connectivity index (χ3v) is 3.50. The fraction of sp³-hybridized carbons (Fsp3) is 0.0714. The quantitative estimate of drug-likeness (QED) is 0.797. The number of carboxylic acid groups (broad SMARTS) is 1. The van der Waals surface area contributed by atoms with Gasteiger partial charge in [0.15, 0.2) is 0 Å². The van der Waals surface area contributed by atoms with E-state index in [0.717, 1.165) is 5.56 Å². The number of rotatable bonds is 4. The van der Waals surface area contributed by atoms with Crippen LogP contribution in [0.4, 0.5) is 0 Å². The molecular weight excluding hydrogens is 276 g/mol. The van der Waals surface area contributed by atoms with Crippen molar-refractivity contribution in [2.24, 2.45) is 0 Å². The highest BCUT2D eigenvalue weighted by Gasteiger charge is 2.11. The van der Waals surface area contributed by atoms with E-state index in [2.05, 4.69) is 10.1 Å². The van der Waals surface area contributed by atoms with Gasteiger partial charge >= 0.3 is 5.97 Å². The van der Waals surface area contributed by atoms with Crippen LogP contribution in [-0.2, 0) is 6.42 Å². The molecule has 0 amide bonds. The number of hydrogen-bond acceptors (Lipinski definition) is 5. The number of aromatic carboxylic acids is 1. The first-order valence-corrected chi connectivity index (χ1v) is 6.84. The summed E-state index contributed by atoms with van der Waals surface area (Å²) in [5.74, 6) is -0.0636. The molecular formula is C14H10N2O3S. The van der Waals surface area contributed by atoms with Crippen LogP contribution in [0.3, 0.4) is 0 Å². The smallest absolute Gasteiger partial charge is 0.335 e. The molecule has 0 saturated carbocycles. The Bertz CT molecular complexity index is 734. The lowest BCUT2D eigenvalue weighted by molar-refractivity contribution is 0.0697. The van der Waals surface area contributed by atoms with Gasteiger partial charge in [0, 0.05) is 5.56 Å². The van der Waals surface area contributed by atoms with Gasteiger partial charge in [0.1, 0.15) is 0 Å². The van der Waals surface area contributed by atoms with Crippen molar-refractivity contribution in [1.82, 2.24) is 10.1 Å². The van der Waals surface area contributed by atoms with Crippen molar-refractivity contribution in [1.29, 1.82) is 0 Å². The van der Waals surface area contributed by atoms with E-state index in [9.17, 15) is 4.79 Å². The van der Waals surface area contributed by atoms with Gasteiger partial charge in [-0.05, 0) is 34.5 Å². The molecule has 0 aliphatic carbocycles. The van der Waals surface area contributed by atoms with Gasteiger partial charge in [0.2, 0.25) is 11.7 Å². The molecule has 1 N–H and O–H groups in total. The van der Waals surface area contributed by atoms with Crippen LogP contribution in [0.5, 0.6) is 0 Å². The Morgan fingerprint density at radius 1 is 1.35 bits per heavy atom. The molecule has 0 fully saturated rings. The zero-order valence-corrected chi connectivity index (χ0v) is 11.1. The molecule has 1 aromatic carbocycles. The molecule has 0 spiro atoms. The second kappa shape index (κ2) is 5.26. The molecule has 0 radical (unpaired) electrons. The van der Waals surface area contributed by atoms with E-state index in [1.54, 1.807) is 23.5 Å². The van der Waals surface area contributed by atoms with Gasteiger partial charge in [-0.1, -0.05) is 17.3 Å². The molecule has 20 heavy (non-hydrogen) atoms. The Hall–Kier alpha value is -2.47. The van der Waals surface area contributed by atoms with Crippen LogP contribution in [-0.4, -0.2) is 21.2 Å². The maximum atomic E-state index is 10.9. The van der Waals surface area contributed by atoms with E-state index in [1.807, 2.05) is 16.8 Å². The second-order valence-corrected chi connectivity index (χ2v) is 4.99. The Morgan fingerprint density at radius 3 is 3.00 bits per heavy atom. The van der Waals surface area contributed by atoms with Crippen LogP contribution in [0.25, 0.3) is 11.4 Å². The minimum atomic E-state index is -0.978. The van der Waals surface area contributed by atoms with Crippen LogP contribution >= 0.6 is 11.3 Å². The molecule has 100 valence electrons. The number of hydrogen-bond donors (Lipinski definition) is 1. The minimum Gasteiger partial charge on any atom is -0.478 e. The van der Waals surface area contributed by atoms with Crippen molar-refractivity contribution in [2.75, 3.05) is 0 Å². The van der Waals surface area contributed by atoms with E-state index in [1.165, 1.54) is 12.1 Å². The molecule has 2 aromatic heterocycles. The van der Waals surface area contributed by atoms with Crippen molar-refractivity contribution >= 4 is 17.3 Å². The van der Waals surface area contributed by atoms with E-state index in [-0.39, 0.29) is 5.56 Å². The predicted octanol–water partition coefficient (Wildman–Crippen LogP) is 3.09. The van der Waals surface area contributed by atoms with Gasteiger partial charge in [-0.15, -0.1) is 0 Å². The van der Waals surface area contributed by atoms with Crippen molar-refractivity contribution < 1.29 is 14.4 Å². The van der Waals surface area contributed by atoms with Crippen molar-refractivity contribution in [3.63, 3.8) is 0 Å². The van der Waals surface area contributed by atoms with Crippen LogP contribution in [0, 0.1) is 0 Å². The standard InChI is InChI=1S/C14H10N2O3S/c17-14(18)11-3-1-2-10(7-11)13-15-12(19-16-13)6-9-4-5-20-8-9/h1-5,7-8H,6H2,(H,17,18).